The molecule has 0 bridgehead atoms. The highest BCUT2D eigenvalue weighted by Gasteiger charge is 2.27. The van der Waals surface area contributed by atoms with E-state index in [0.717, 1.165) is 50.8 Å². The molecule has 2 aliphatic heterocycles. The van der Waals surface area contributed by atoms with E-state index >= 15 is 0 Å². The van der Waals surface area contributed by atoms with Crippen LogP contribution in [0.1, 0.15) is 19.8 Å². The zero-order valence-electron chi connectivity index (χ0n) is 12.3. The molecule has 2 amide bonds. The summed E-state index contributed by atoms with van der Waals surface area (Å²) in [5, 5.41) is 6.10. The number of ether oxygens (including phenoxy) is 1. The zero-order chi connectivity index (χ0) is 14.7. The number of piperazine rings is 1. The Hall–Kier alpha value is -1.34. The normalized spacial score (nSPS) is 24.1. The van der Waals surface area contributed by atoms with Gasteiger partial charge in [0.2, 0.25) is 0 Å². The van der Waals surface area contributed by atoms with E-state index in [1.807, 2.05) is 23.4 Å². The second-order valence-electron chi connectivity index (χ2n) is 5.58. The highest BCUT2D eigenvalue weighted by Crippen LogP contribution is 2.19. The van der Waals surface area contributed by atoms with Crippen LogP contribution in [0, 0.1) is 0 Å². The van der Waals surface area contributed by atoms with Gasteiger partial charge in [-0.25, -0.2) is 9.78 Å². The fraction of sp³-hybridized carbons (Fsp3) is 0.714. The Morgan fingerprint density at radius 3 is 2.90 bits per heavy atom. The fourth-order valence-electron chi connectivity index (χ4n) is 2.85. The SMILES string of the molecule is CC(NC(=O)N1CCN(c2nccs2)CC1)C1CCCO1. The van der Waals surface area contributed by atoms with Gasteiger partial charge >= 0.3 is 6.03 Å². The molecule has 1 N–H and O–H groups in total. The molecule has 3 rings (SSSR count). The van der Waals surface area contributed by atoms with E-state index in [1.54, 1.807) is 11.3 Å². The number of nitrogens with one attached hydrogen (secondary N) is 1. The minimum absolute atomic E-state index is 0.0248. The lowest BCUT2D eigenvalue weighted by Crippen LogP contribution is -2.54. The number of carbonyl (C=O) groups is 1. The molecule has 7 heteroatoms. The van der Waals surface area contributed by atoms with Crippen molar-refractivity contribution < 1.29 is 9.53 Å². The smallest absolute Gasteiger partial charge is 0.317 e. The standard InChI is InChI=1S/C14H22N4O2S/c1-11(12-3-2-9-20-12)16-13(19)17-5-7-18(8-6-17)14-15-4-10-21-14/h4,10-12H,2-3,5-9H2,1H3,(H,16,19). The third kappa shape index (κ3) is 3.47. The third-order valence-electron chi connectivity index (χ3n) is 4.13. The highest BCUT2D eigenvalue weighted by atomic mass is 32.1. The molecule has 1 aromatic rings. The molecule has 0 aromatic carbocycles. The van der Waals surface area contributed by atoms with Crippen LogP contribution in [0.5, 0.6) is 0 Å². The third-order valence-corrected chi connectivity index (χ3v) is 4.96. The lowest BCUT2D eigenvalue weighted by molar-refractivity contribution is 0.0831. The summed E-state index contributed by atoms with van der Waals surface area (Å²) in [5.74, 6) is 0. The Bertz CT molecular complexity index is 454. The zero-order valence-corrected chi connectivity index (χ0v) is 13.1. The second kappa shape index (κ2) is 6.62. The van der Waals surface area contributed by atoms with Crippen LogP contribution in [0.2, 0.25) is 0 Å². The van der Waals surface area contributed by atoms with E-state index < -0.39 is 0 Å². The minimum Gasteiger partial charge on any atom is -0.376 e. The van der Waals surface area contributed by atoms with E-state index in [4.69, 9.17) is 4.74 Å². The molecular weight excluding hydrogens is 288 g/mol. The number of anilines is 1. The number of hydrogen-bond donors (Lipinski definition) is 1. The molecule has 0 saturated carbocycles. The Kier molecular flexibility index (Phi) is 4.60. The summed E-state index contributed by atoms with van der Waals surface area (Å²) in [6.07, 6.45) is 4.13. The number of hydrogen-bond acceptors (Lipinski definition) is 5. The summed E-state index contributed by atoms with van der Waals surface area (Å²) in [4.78, 5) is 20.7. The molecule has 2 fully saturated rings. The van der Waals surface area contributed by atoms with Crippen molar-refractivity contribution in [3.8, 4) is 0 Å². The molecule has 2 aliphatic rings. The number of carbonyl (C=O) groups excluding carboxylic acids is 1. The number of amides is 2. The van der Waals surface area contributed by atoms with Gasteiger partial charge in [0.05, 0.1) is 12.1 Å². The topological polar surface area (TPSA) is 57.7 Å². The van der Waals surface area contributed by atoms with Crippen LogP contribution in [0.25, 0.3) is 0 Å². The van der Waals surface area contributed by atoms with Crippen LogP contribution >= 0.6 is 11.3 Å². The van der Waals surface area contributed by atoms with Crippen LogP contribution in [0.3, 0.4) is 0 Å². The van der Waals surface area contributed by atoms with Crippen LogP contribution in [-0.4, -0.2) is 60.8 Å². The van der Waals surface area contributed by atoms with Gasteiger partial charge in [0.1, 0.15) is 0 Å². The van der Waals surface area contributed by atoms with Crippen molar-refractivity contribution in [1.29, 1.82) is 0 Å². The van der Waals surface area contributed by atoms with Crippen molar-refractivity contribution in [3.05, 3.63) is 11.6 Å². The van der Waals surface area contributed by atoms with Crippen molar-refractivity contribution in [2.45, 2.75) is 31.9 Å². The number of aromatic nitrogens is 1. The van der Waals surface area contributed by atoms with E-state index in [-0.39, 0.29) is 18.2 Å². The molecule has 3 heterocycles. The Morgan fingerprint density at radius 1 is 1.48 bits per heavy atom. The molecule has 116 valence electrons. The summed E-state index contributed by atoms with van der Waals surface area (Å²) in [7, 11) is 0. The second-order valence-corrected chi connectivity index (χ2v) is 6.45. The summed E-state index contributed by atoms with van der Waals surface area (Å²) in [6.45, 7) is 6.01. The predicted octanol–water partition coefficient (Wildman–Crippen LogP) is 1.54. The maximum absolute atomic E-state index is 12.3. The van der Waals surface area contributed by atoms with Gasteiger partial charge in [-0.15, -0.1) is 11.3 Å². The van der Waals surface area contributed by atoms with Crippen LogP contribution in [0.4, 0.5) is 9.93 Å². The summed E-state index contributed by atoms with van der Waals surface area (Å²) < 4.78 is 5.62. The first-order valence-electron chi connectivity index (χ1n) is 7.55. The molecule has 2 saturated heterocycles. The fourth-order valence-corrected chi connectivity index (χ4v) is 3.55. The molecular formula is C14H22N4O2S. The molecule has 0 aliphatic carbocycles. The van der Waals surface area contributed by atoms with Gasteiger partial charge in [-0.1, -0.05) is 0 Å². The monoisotopic (exact) mass is 310 g/mol. The van der Waals surface area contributed by atoms with Crippen molar-refractivity contribution >= 4 is 22.5 Å². The Labute approximate surface area is 129 Å². The first-order chi connectivity index (χ1) is 10.2. The quantitative estimate of drug-likeness (QED) is 0.920. The number of nitrogens with zero attached hydrogens (tertiary/aromatic N) is 3. The van der Waals surface area contributed by atoms with Gasteiger partial charge in [0, 0.05) is 44.4 Å². The average Bonchev–Trinajstić information content (AvgIpc) is 3.20. The van der Waals surface area contributed by atoms with Crippen LogP contribution < -0.4 is 10.2 Å². The number of rotatable bonds is 3. The maximum atomic E-state index is 12.3. The van der Waals surface area contributed by atoms with Gasteiger partial charge in [0.25, 0.3) is 0 Å². The van der Waals surface area contributed by atoms with Crippen molar-refractivity contribution in [3.63, 3.8) is 0 Å². The molecule has 6 nitrogen and oxygen atoms in total. The summed E-state index contributed by atoms with van der Waals surface area (Å²) in [6, 6.07) is 0.105. The lowest BCUT2D eigenvalue weighted by Gasteiger charge is -2.35. The molecule has 2 atom stereocenters. The van der Waals surface area contributed by atoms with Crippen LogP contribution in [-0.2, 0) is 4.74 Å². The number of urea groups is 1. The molecule has 0 spiro atoms. The van der Waals surface area contributed by atoms with Gasteiger partial charge in [0.15, 0.2) is 5.13 Å². The van der Waals surface area contributed by atoms with E-state index in [9.17, 15) is 4.79 Å². The molecule has 0 radical (unpaired) electrons. The molecule has 21 heavy (non-hydrogen) atoms. The molecule has 2 unspecified atom stereocenters. The maximum Gasteiger partial charge on any atom is 0.317 e. The van der Waals surface area contributed by atoms with Gasteiger partial charge < -0.3 is 19.9 Å². The Balaban J connectivity index is 1.46. The van der Waals surface area contributed by atoms with E-state index in [0.29, 0.717) is 0 Å². The summed E-state index contributed by atoms with van der Waals surface area (Å²) in [5.41, 5.74) is 0. The van der Waals surface area contributed by atoms with E-state index in [2.05, 4.69) is 15.2 Å². The first kappa shape index (κ1) is 14.6. The predicted molar refractivity (Wildman–Crippen MR) is 82.9 cm³/mol. The summed E-state index contributed by atoms with van der Waals surface area (Å²) >= 11 is 1.65. The van der Waals surface area contributed by atoms with Gasteiger partial charge in [-0.3, -0.25) is 0 Å². The number of thiazole rings is 1. The van der Waals surface area contributed by atoms with E-state index in [1.165, 1.54) is 0 Å². The average molecular weight is 310 g/mol. The van der Waals surface area contributed by atoms with Crippen LogP contribution in [0.15, 0.2) is 11.6 Å². The first-order valence-corrected chi connectivity index (χ1v) is 8.43. The molecule has 1 aromatic heterocycles. The lowest BCUT2D eigenvalue weighted by atomic mass is 10.1. The highest BCUT2D eigenvalue weighted by molar-refractivity contribution is 7.13. The largest absolute Gasteiger partial charge is 0.376 e. The van der Waals surface area contributed by atoms with Gasteiger partial charge in [-0.05, 0) is 19.8 Å². The van der Waals surface area contributed by atoms with Crippen molar-refractivity contribution in [2.24, 2.45) is 0 Å². The minimum atomic E-state index is 0.0248. The van der Waals surface area contributed by atoms with Crippen molar-refractivity contribution in [1.82, 2.24) is 15.2 Å². The Morgan fingerprint density at radius 2 is 2.29 bits per heavy atom. The van der Waals surface area contributed by atoms with Crippen molar-refractivity contribution in [2.75, 3.05) is 37.7 Å². The van der Waals surface area contributed by atoms with Gasteiger partial charge in [-0.2, -0.15) is 0 Å².